The molecule has 1 saturated heterocycles. The van der Waals surface area contributed by atoms with E-state index in [1.54, 1.807) is 24.3 Å². The zero-order valence-corrected chi connectivity index (χ0v) is 23.3. The van der Waals surface area contributed by atoms with Gasteiger partial charge in [-0.3, -0.25) is 4.18 Å². The van der Waals surface area contributed by atoms with Crippen LogP contribution in [0.3, 0.4) is 0 Å². The van der Waals surface area contributed by atoms with Gasteiger partial charge in [0.05, 0.1) is 11.5 Å². The van der Waals surface area contributed by atoms with Crippen molar-refractivity contribution in [2.75, 3.05) is 6.61 Å². The molecule has 0 radical (unpaired) electrons. The minimum Gasteiger partial charge on any atom is -0.348 e. The minimum absolute atomic E-state index is 0.169. The summed E-state index contributed by atoms with van der Waals surface area (Å²) in [5.74, 6) is -0.731. The molecule has 0 spiro atoms. The van der Waals surface area contributed by atoms with E-state index in [0.29, 0.717) is 13.0 Å². The highest BCUT2D eigenvalue weighted by Gasteiger charge is 2.39. The van der Waals surface area contributed by atoms with Gasteiger partial charge in [0.25, 0.3) is 10.1 Å². The fourth-order valence-electron chi connectivity index (χ4n) is 4.36. The van der Waals surface area contributed by atoms with Crippen LogP contribution >= 0.6 is 0 Å². The minimum atomic E-state index is -3.88. The summed E-state index contributed by atoms with van der Waals surface area (Å²) in [6.07, 6.45) is 19.1. The lowest BCUT2D eigenvalue weighted by molar-refractivity contribution is -0.148. The molecule has 1 aliphatic rings. The van der Waals surface area contributed by atoms with Crippen LogP contribution in [0.4, 0.5) is 0 Å². The second kappa shape index (κ2) is 15.8. The van der Waals surface area contributed by atoms with Crippen LogP contribution in [0.1, 0.15) is 110 Å². The molecule has 1 fully saturated rings. The van der Waals surface area contributed by atoms with Crippen LogP contribution in [0.5, 0.6) is 0 Å². The summed E-state index contributed by atoms with van der Waals surface area (Å²) >= 11 is 0. The number of rotatable bonds is 18. The van der Waals surface area contributed by atoms with Crippen LogP contribution in [-0.2, 0) is 23.8 Å². The van der Waals surface area contributed by atoms with Gasteiger partial charge in [0.15, 0.2) is 5.79 Å². The zero-order valence-electron chi connectivity index (χ0n) is 22.5. The monoisotopic (exact) mass is 508 g/mol. The molecule has 2 atom stereocenters. The average molecular weight is 509 g/mol. The molecule has 0 N–H and O–H groups in total. The Labute approximate surface area is 214 Å². The van der Waals surface area contributed by atoms with Gasteiger partial charge < -0.3 is 9.47 Å². The molecule has 1 aliphatic heterocycles. The predicted octanol–water partition coefficient (Wildman–Crippen LogP) is 7.87. The maximum atomic E-state index is 12.9. The number of aryl methyl sites for hydroxylation is 1. The van der Waals surface area contributed by atoms with Gasteiger partial charge in [-0.2, -0.15) is 8.42 Å². The van der Waals surface area contributed by atoms with Crippen molar-refractivity contribution in [2.45, 2.75) is 134 Å². The molecule has 2 rings (SSSR count). The first-order valence-corrected chi connectivity index (χ1v) is 15.1. The summed E-state index contributed by atoms with van der Waals surface area (Å²) in [6, 6.07) is 6.73. The van der Waals surface area contributed by atoms with Crippen molar-refractivity contribution >= 4 is 10.1 Å². The fourth-order valence-corrected chi connectivity index (χ4v) is 5.49. The summed E-state index contributed by atoms with van der Waals surface area (Å²) in [7, 11) is -3.88. The maximum absolute atomic E-state index is 12.9. The summed E-state index contributed by atoms with van der Waals surface area (Å²) < 4.78 is 43.1. The van der Waals surface area contributed by atoms with E-state index in [9.17, 15) is 8.42 Å². The molecule has 0 bridgehead atoms. The first-order valence-electron chi connectivity index (χ1n) is 13.7. The van der Waals surface area contributed by atoms with Crippen molar-refractivity contribution in [3.8, 4) is 0 Å². The molecule has 1 heterocycles. The molecule has 5 nitrogen and oxygen atoms in total. The lowest BCUT2D eigenvalue weighted by Gasteiger charge is -2.24. The average Bonchev–Trinajstić information content (AvgIpc) is 3.18. The van der Waals surface area contributed by atoms with Gasteiger partial charge in [-0.15, -0.1) is 0 Å². The normalized spacial score (nSPS) is 18.9. The SMILES string of the molecule is CCCCCCCCCCCC/C=C/CC[C@H](OS(=O)(=O)c1ccc(C)cc1)[C@H]1COC(C)(C)O1. The smallest absolute Gasteiger partial charge is 0.297 e. The molecule has 1 aromatic carbocycles. The molecule has 0 saturated carbocycles. The molecule has 1 aromatic rings. The van der Waals surface area contributed by atoms with Gasteiger partial charge in [-0.1, -0.05) is 94.6 Å². The van der Waals surface area contributed by atoms with E-state index in [4.69, 9.17) is 13.7 Å². The zero-order chi connectivity index (χ0) is 25.6. The topological polar surface area (TPSA) is 61.8 Å². The first kappa shape index (κ1) is 30.0. The van der Waals surface area contributed by atoms with Gasteiger partial charge in [0.2, 0.25) is 0 Å². The third-order valence-electron chi connectivity index (χ3n) is 6.51. The Morgan fingerprint density at radius 3 is 2.09 bits per heavy atom. The molecule has 0 aromatic heterocycles. The molecule has 0 unspecified atom stereocenters. The third kappa shape index (κ3) is 12.1. The molecule has 6 heteroatoms. The second-order valence-corrected chi connectivity index (χ2v) is 11.9. The van der Waals surface area contributed by atoms with E-state index in [0.717, 1.165) is 18.4 Å². The van der Waals surface area contributed by atoms with Gasteiger partial charge in [0, 0.05) is 0 Å². The Balaban J connectivity index is 1.73. The van der Waals surface area contributed by atoms with Crippen LogP contribution in [0.2, 0.25) is 0 Å². The van der Waals surface area contributed by atoms with E-state index in [1.165, 1.54) is 64.2 Å². The van der Waals surface area contributed by atoms with Crippen LogP contribution < -0.4 is 0 Å². The number of hydrogen-bond acceptors (Lipinski definition) is 5. The van der Waals surface area contributed by atoms with Crippen molar-refractivity contribution in [1.29, 1.82) is 0 Å². The maximum Gasteiger partial charge on any atom is 0.297 e. The highest BCUT2D eigenvalue weighted by molar-refractivity contribution is 7.86. The highest BCUT2D eigenvalue weighted by Crippen LogP contribution is 2.29. The van der Waals surface area contributed by atoms with Crippen molar-refractivity contribution in [3.63, 3.8) is 0 Å². The van der Waals surface area contributed by atoms with Crippen molar-refractivity contribution < 1.29 is 22.1 Å². The third-order valence-corrected chi connectivity index (χ3v) is 7.86. The number of hydrogen-bond donors (Lipinski definition) is 0. The van der Waals surface area contributed by atoms with Crippen LogP contribution in [0, 0.1) is 6.92 Å². The standard InChI is InChI=1S/C29H48O5S/c1-5-6-7-8-9-10-11-12-13-14-15-16-17-18-19-27(28-24-32-29(3,4)33-28)34-35(30,31)26-22-20-25(2)21-23-26/h16-17,20-23,27-28H,5-15,18-19,24H2,1-4H3/b17-16+/t27-,28+/m0/s1. The fraction of sp³-hybridized carbons (Fsp3) is 0.724. The van der Waals surface area contributed by atoms with Gasteiger partial charge in [0.1, 0.15) is 12.2 Å². The van der Waals surface area contributed by atoms with Gasteiger partial charge >= 0.3 is 0 Å². The molecule has 200 valence electrons. The lowest BCUT2D eigenvalue weighted by Crippen LogP contribution is -2.34. The second-order valence-electron chi connectivity index (χ2n) is 10.3. The summed E-state index contributed by atoms with van der Waals surface area (Å²) in [4.78, 5) is 0.169. The molecular formula is C29H48O5S. The molecule has 35 heavy (non-hydrogen) atoms. The Hall–Kier alpha value is -1.21. The Morgan fingerprint density at radius 2 is 1.51 bits per heavy atom. The molecular weight excluding hydrogens is 460 g/mol. The van der Waals surface area contributed by atoms with E-state index < -0.39 is 28.1 Å². The van der Waals surface area contributed by atoms with Crippen LogP contribution in [0.25, 0.3) is 0 Å². The predicted molar refractivity (Wildman–Crippen MR) is 143 cm³/mol. The number of ether oxygens (including phenoxy) is 2. The summed E-state index contributed by atoms with van der Waals surface area (Å²) in [5.41, 5.74) is 1.00. The Morgan fingerprint density at radius 1 is 0.943 bits per heavy atom. The van der Waals surface area contributed by atoms with Crippen molar-refractivity contribution in [3.05, 3.63) is 42.0 Å². The summed E-state index contributed by atoms with van der Waals surface area (Å²) in [6.45, 7) is 8.18. The summed E-state index contributed by atoms with van der Waals surface area (Å²) in [5, 5.41) is 0. The quantitative estimate of drug-likeness (QED) is 0.115. The highest BCUT2D eigenvalue weighted by atomic mass is 32.2. The lowest BCUT2D eigenvalue weighted by atomic mass is 10.1. The van der Waals surface area contributed by atoms with Crippen molar-refractivity contribution in [2.24, 2.45) is 0 Å². The van der Waals surface area contributed by atoms with Crippen LogP contribution in [0.15, 0.2) is 41.3 Å². The number of benzene rings is 1. The van der Waals surface area contributed by atoms with E-state index in [1.807, 2.05) is 20.8 Å². The van der Waals surface area contributed by atoms with Gasteiger partial charge in [-0.25, -0.2) is 0 Å². The molecule has 0 amide bonds. The van der Waals surface area contributed by atoms with Crippen LogP contribution in [-0.4, -0.2) is 33.0 Å². The number of allylic oxidation sites excluding steroid dienone is 2. The molecule has 0 aliphatic carbocycles. The van der Waals surface area contributed by atoms with E-state index in [2.05, 4.69) is 19.1 Å². The Bertz CT molecular complexity index is 829. The van der Waals surface area contributed by atoms with E-state index in [-0.39, 0.29) is 4.90 Å². The Kier molecular flexibility index (Phi) is 13.6. The van der Waals surface area contributed by atoms with E-state index >= 15 is 0 Å². The number of unbranched alkanes of at least 4 members (excludes halogenated alkanes) is 10. The van der Waals surface area contributed by atoms with Gasteiger partial charge in [-0.05, 0) is 58.6 Å². The van der Waals surface area contributed by atoms with Crippen molar-refractivity contribution in [1.82, 2.24) is 0 Å². The first-order chi connectivity index (χ1) is 16.7. The largest absolute Gasteiger partial charge is 0.348 e.